The Hall–Kier alpha value is -3.58. The molecular weight excluding hydrogens is 420 g/mol. The minimum Gasteiger partial charge on any atom is -0.484 e. The lowest BCUT2D eigenvalue weighted by molar-refractivity contribution is -0.141. The molecule has 3 amide bonds. The van der Waals surface area contributed by atoms with E-state index in [-0.39, 0.29) is 19.6 Å². The number of amides is 3. The normalized spacial score (nSPS) is 15.9. The zero-order valence-electron chi connectivity index (χ0n) is 16.4. The summed E-state index contributed by atoms with van der Waals surface area (Å²) in [6.45, 7) is -0.230. The molecule has 7 nitrogen and oxygen atoms in total. The number of nitrogens with zero attached hydrogens (tertiary/aromatic N) is 2. The number of ether oxygens (including phenoxy) is 1. The Morgan fingerprint density at radius 3 is 2.48 bits per heavy atom. The molecule has 0 aliphatic carbocycles. The van der Waals surface area contributed by atoms with Crippen LogP contribution in [-0.4, -0.2) is 35.3 Å². The predicted octanol–water partition coefficient (Wildman–Crippen LogP) is 3.67. The van der Waals surface area contributed by atoms with Crippen LogP contribution < -0.4 is 9.64 Å². The van der Waals surface area contributed by atoms with Crippen molar-refractivity contribution in [1.29, 1.82) is 0 Å². The molecule has 2 heterocycles. The Kier molecular flexibility index (Phi) is 6.04. The number of hydrogen-bond donors (Lipinski definition) is 0. The smallest absolute Gasteiger partial charge is 0.261 e. The Bertz CT molecular complexity index is 1070. The summed E-state index contributed by atoms with van der Waals surface area (Å²) < 4.78 is 10.9. The molecule has 8 heteroatoms. The molecule has 1 aromatic heterocycles. The molecule has 3 aromatic rings. The van der Waals surface area contributed by atoms with Gasteiger partial charge in [0.05, 0.1) is 24.9 Å². The molecule has 1 unspecified atom stereocenters. The summed E-state index contributed by atoms with van der Waals surface area (Å²) in [7, 11) is 0. The fourth-order valence-corrected chi connectivity index (χ4v) is 3.53. The van der Waals surface area contributed by atoms with Gasteiger partial charge >= 0.3 is 0 Å². The lowest BCUT2D eigenvalue weighted by Gasteiger charge is -2.27. The zero-order valence-corrected chi connectivity index (χ0v) is 17.2. The van der Waals surface area contributed by atoms with Gasteiger partial charge in [-0.1, -0.05) is 29.8 Å². The maximum atomic E-state index is 13.2. The number of furan rings is 1. The van der Waals surface area contributed by atoms with Crippen LogP contribution in [0.15, 0.2) is 77.4 Å². The monoisotopic (exact) mass is 438 g/mol. The van der Waals surface area contributed by atoms with Crippen molar-refractivity contribution in [3.63, 3.8) is 0 Å². The predicted molar refractivity (Wildman–Crippen MR) is 114 cm³/mol. The maximum Gasteiger partial charge on any atom is 0.261 e. The Balaban J connectivity index is 1.55. The molecule has 1 aliphatic rings. The van der Waals surface area contributed by atoms with Crippen molar-refractivity contribution >= 4 is 35.0 Å². The fraction of sp³-hybridized carbons (Fsp3) is 0.174. The van der Waals surface area contributed by atoms with Gasteiger partial charge in [0.25, 0.3) is 11.8 Å². The van der Waals surface area contributed by atoms with Gasteiger partial charge in [-0.05, 0) is 48.5 Å². The first-order valence-electron chi connectivity index (χ1n) is 9.65. The van der Waals surface area contributed by atoms with E-state index in [1.54, 1.807) is 60.7 Å². The summed E-state index contributed by atoms with van der Waals surface area (Å²) in [6.07, 6.45) is 1.36. The first-order chi connectivity index (χ1) is 15.0. The second-order valence-corrected chi connectivity index (χ2v) is 7.40. The van der Waals surface area contributed by atoms with Gasteiger partial charge in [-0.3, -0.25) is 14.4 Å². The molecule has 0 bridgehead atoms. The standard InChI is InChI=1S/C23H19ClN2O5/c24-16-8-10-17(11-9-16)26-21(27)13-20(23(26)29)25(14-19-7-4-12-30-19)22(28)15-31-18-5-2-1-3-6-18/h1-12,20H,13-15H2. The van der Waals surface area contributed by atoms with Gasteiger partial charge in [-0.2, -0.15) is 0 Å². The third kappa shape index (κ3) is 4.62. The van der Waals surface area contributed by atoms with Crippen LogP contribution in [0.1, 0.15) is 12.2 Å². The molecule has 2 aromatic carbocycles. The molecule has 1 fully saturated rings. The largest absolute Gasteiger partial charge is 0.484 e. The van der Waals surface area contributed by atoms with Crippen LogP contribution in [0.5, 0.6) is 5.75 Å². The summed E-state index contributed by atoms with van der Waals surface area (Å²) in [5.74, 6) is -0.265. The topological polar surface area (TPSA) is 80.1 Å². The number of carbonyl (C=O) groups excluding carboxylic acids is 3. The highest BCUT2D eigenvalue weighted by Crippen LogP contribution is 2.28. The summed E-state index contributed by atoms with van der Waals surface area (Å²) in [6, 6.07) is 17.7. The first kappa shape index (κ1) is 20.7. The van der Waals surface area contributed by atoms with E-state index in [1.807, 2.05) is 6.07 Å². The number of benzene rings is 2. The van der Waals surface area contributed by atoms with Crippen molar-refractivity contribution in [3.8, 4) is 5.75 Å². The van der Waals surface area contributed by atoms with Crippen molar-refractivity contribution in [3.05, 3.63) is 83.8 Å². The van der Waals surface area contributed by atoms with E-state index < -0.39 is 23.8 Å². The molecule has 31 heavy (non-hydrogen) atoms. The molecule has 1 saturated heterocycles. The molecule has 0 radical (unpaired) electrons. The number of rotatable bonds is 7. The summed E-state index contributed by atoms with van der Waals surface area (Å²) in [5, 5.41) is 0.493. The van der Waals surface area contributed by atoms with Crippen molar-refractivity contribution in [2.75, 3.05) is 11.5 Å². The molecule has 4 rings (SSSR count). The van der Waals surface area contributed by atoms with E-state index in [9.17, 15) is 14.4 Å². The number of para-hydroxylation sites is 1. The third-order valence-corrected chi connectivity index (χ3v) is 5.17. The maximum absolute atomic E-state index is 13.2. The van der Waals surface area contributed by atoms with Gasteiger partial charge in [0.15, 0.2) is 6.61 Å². The Labute approximate surface area is 183 Å². The van der Waals surface area contributed by atoms with Crippen LogP contribution in [-0.2, 0) is 20.9 Å². The van der Waals surface area contributed by atoms with Crippen LogP contribution in [0, 0.1) is 0 Å². The van der Waals surface area contributed by atoms with Gasteiger partial charge in [-0.15, -0.1) is 0 Å². The van der Waals surface area contributed by atoms with Crippen molar-refractivity contribution in [2.24, 2.45) is 0 Å². The van der Waals surface area contributed by atoms with E-state index in [1.165, 1.54) is 11.2 Å². The third-order valence-electron chi connectivity index (χ3n) is 4.92. The Morgan fingerprint density at radius 2 is 1.81 bits per heavy atom. The second kappa shape index (κ2) is 9.06. The lowest BCUT2D eigenvalue weighted by atomic mass is 10.2. The van der Waals surface area contributed by atoms with Crippen LogP contribution >= 0.6 is 11.6 Å². The molecule has 1 aliphatic heterocycles. The number of hydrogen-bond acceptors (Lipinski definition) is 5. The van der Waals surface area contributed by atoms with Crippen LogP contribution in [0.25, 0.3) is 0 Å². The van der Waals surface area contributed by atoms with E-state index in [2.05, 4.69) is 0 Å². The molecule has 1 atom stereocenters. The highest BCUT2D eigenvalue weighted by molar-refractivity contribution is 6.30. The molecule has 158 valence electrons. The van der Waals surface area contributed by atoms with E-state index in [0.717, 1.165) is 4.90 Å². The minimum absolute atomic E-state index is 0.0438. The average Bonchev–Trinajstić information content (AvgIpc) is 3.39. The van der Waals surface area contributed by atoms with Gasteiger partial charge in [0.2, 0.25) is 5.91 Å². The highest BCUT2D eigenvalue weighted by atomic mass is 35.5. The molecule has 0 spiro atoms. The van der Waals surface area contributed by atoms with Gasteiger partial charge < -0.3 is 14.1 Å². The van der Waals surface area contributed by atoms with Crippen LogP contribution in [0.3, 0.4) is 0 Å². The minimum atomic E-state index is -0.958. The number of halogens is 1. The van der Waals surface area contributed by atoms with E-state index in [0.29, 0.717) is 22.2 Å². The van der Waals surface area contributed by atoms with E-state index in [4.69, 9.17) is 20.8 Å². The summed E-state index contributed by atoms with van der Waals surface area (Å²) >= 11 is 5.91. The SMILES string of the molecule is O=C1CC(N(Cc2ccco2)C(=O)COc2ccccc2)C(=O)N1c1ccc(Cl)cc1. The van der Waals surface area contributed by atoms with Crippen molar-refractivity contribution in [1.82, 2.24) is 4.90 Å². The average molecular weight is 439 g/mol. The number of anilines is 1. The first-order valence-corrected chi connectivity index (χ1v) is 10.0. The van der Waals surface area contributed by atoms with Crippen molar-refractivity contribution in [2.45, 2.75) is 19.0 Å². The zero-order chi connectivity index (χ0) is 21.8. The molecule has 0 N–H and O–H groups in total. The highest BCUT2D eigenvalue weighted by Gasteiger charge is 2.44. The number of imide groups is 1. The second-order valence-electron chi connectivity index (χ2n) is 6.97. The lowest BCUT2D eigenvalue weighted by Crippen LogP contribution is -2.46. The quantitative estimate of drug-likeness (QED) is 0.526. The fourth-order valence-electron chi connectivity index (χ4n) is 3.41. The summed E-state index contributed by atoms with van der Waals surface area (Å²) in [4.78, 5) is 41.3. The summed E-state index contributed by atoms with van der Waals surface area (Å²) in [5.41, 5.74) is 0.410. The van der Waals surface area contributed by atoms with Crippen LogP contribution in [0.2, 0.25) is 5.02 Å². The van der Waals surface area contributed by atoms with Crippen LogP contribution in [0.4, 0.5) is 5.69 Å². The Morgan fingerprint density at radius 1 is 1.06 bits per heavy atom. The molecule has 0 saturated carbocycles. The van der Waals surface area contributed by atoms with Gasteiger partial charge in [-0.25, -0.2) is 4.90 Å². The number of carbonyl (C=O) groups is 3. The van der Waals surface area contributed by atoms with Gasteiger partial charge in [0.1, 0.15) is 17.6 Å². The van der Waals surface area contributed by atoms with Gasteiger partial charge in [0, 0.05) is 5.02 Å². The van der Waals surface area contributed by atoms with Crippen molar-refractivity contribution < 1.29 is 23.5 Å². The van der Waals surface area contributed by atoms with E-state index >= 15 is 0 Å². The molecular formula is C23H19ClN2O5.